The van der Waals surface area contributed by atoms with Crippen molar-refractivity contribution >= 4 is 27.4 Å². The van der Waals surface area contributed by atoms with Crippen molar-refractivity contribution in [3.8, 4) is 16.9 Å². The molecule has 0 spiro atoms. The van der Waals surface area contributed by atoms with E-state index in [0.29, 0.717) is 26.8 Å². The molecule has 1 N–H and O–H groups in total. The highest BCUT2D eigenvalue weighted by Gasteiger charge is 2.22. The summed E-state index contributed by atoms with van der Waals surface area (Å²) in [5.74, 6) is -1.99. The van der Waals surface area contributed by atoms with E-state index >= 15 is 0 Å². The maximum atomic E-state index is 13.8. The highest BCUT2D eigenvalue weighted by atomic mass is 32.1. The van der Waals surface area contributed by atoms with Crippen LogP contribution in [-0.4, -0.2) is 18.2 Å². The van der Waals surface area contributed by atoms with Crippen LogP contribution < -0.4 is 4.74 Å². The Morgan fingerprint density at radius 1 is 1.22 bits per heavy atom. The number of carboxylic acid groups (broad SMARTS) is 1. The van der Waals surface area contributed by atoms with Crippen molar-refractivity contribution in [3.63, 3.8) is 0 Å². The number of methoxy groups -OCH3 is 1. The molecular formula is C17H12F2O3S. The van der Waals surface area contributed by atoms with Gasteiger partial charge in [-0.15, -0.1) is 11.3 Å². The molecule has 3 rings (SSSR count). The number of fused-ring (bicyclic) bond motifs is 1. The van der Waals surface area contributed by atoms with Gasteiger partial charge in [0, 0.05) is 21.2 Å². The molecule has 2 aromatic carbocycles. The third kappa shape index (κ3) is 2.45. The largest absolute Gasteiger partial charge is 0.493 e. The van der Waals surface area contributed by atoms with E-state index in [-0.39, 0.29) is 10.6 Å². The average Bonchev–Trinajstić information content (AvgIpc) is 2.86. The molecule has 0 fully saturated rings. The van der Waals surface area contributed by atoms with Gasteiger partial charge in [0.05, 0.1) is 7.11 Å². The minimum atomic E-state index is -1.11. The molecule has 0 saturated carbocycles. The number of hydrogen-bond acceptors (Lipinski definition) is 3. The smallest absolute Gasteiger partial charge is 0.346 e. The normalized spacial score (nSPS) is 11.0. The molecule has 0 aliphatic heterocycles. The quantitative estimate of drug-likeness (QED) is 0.744. The molecule has 118 valence electrons. The fraction of sp³-hybridized carbons (Fsp3) is 0.118. The summed E-state index contributed by atoms with van der Waals surface area (Å²) in [5, 5.41) is 10.1. The molecule has 0 aliphatic rings. The van der Waals surface area contributed by atoms with E-state index in [1.165, 1.54) is 37.4 Å². The Bertz CT molecular complexity index is 931. The standard InChI is InChI=1S/C17H12F2O3S/c1-8-10(5-6-12(19)15(8)22-2)14-11-4-3-9(18)7-13(11)23-16(14)17(20)21/h3-7H,1-2H3,(H,20,21). The van der Waals surface area contributed by atoms with Crippen molar-refractivity contribution in [1.29, 1.82) is 0 Å². The first-order valence-corrected chi connectivity index (χ1v) is 7.54. The zero-order chi connectivity index (χ0) is 16.7. The summed E-state index contributed by atoms with van der Waals surface area (Å²) in [4.78, 5) is 11.7. The van der Waals surface area contributed by atoms with Gasteiger partial charge in [-0.2, -0.15) is 0 Å². The van der Waals surface area contributed by atoms with Gasteiger partial charge in [-0.25, -0.2) is 13.6 Å². The number of aromatic carboxylic acids is 1. The second-order valence-electron chi connectivity index (χ2n) is 5.01. The molecule has 3 aromatic rings. The number of carbonyl (C=O) groups is 1. The van der Waals surface area contributed by atoms with Crippen LogP contribution in [0.25, 0.3) is 21.2 Å². The zero-order valence-electron chi connectivity index (χ0n) is 12.3. The Morgan fingerprint density at radius 2 is 1.96 bits per heavy atom. The lowest BCUT2D eigenvalue weighted by Gasteiger charge is -2.12. The molecule has 0 aliphatic carbocycles. The summed E-state index contributed by atoms with van der Waals surface area (Å²) < 4.78 is 32.8. The van der Waals surface area contributed by atoms with Gasteiger partial charge < -0.3 is 9.84 Å². The first-order chi connectivity index (χ1) is 10.9. The number of hydrogen-bond donors (Lipinski definition) is 1. The van der Waals surface area contributed by atoms with Crippen molar-refractivity contribution in [2.75, 3.05) is 7.11 Å². The molecule has 0 unspecified atom stereocenters. The maximum absolute atomic E-state index is 13.8. The number of thiophene rings is 1. The monoisotopic (exact) mass is 334 g/mol. The fourth-order valence-electron chi connectivity index (χ4n) is 2.67. The van der Waals surface area contributed by atoms with Crippen molar-refractivity contribution in [2.24, 2.45) is 0 Å². The second-order valence-corrected chi connectivity index (χ2v) is 6.06. The topological polar surface area (TPSA) is 46.5 Å². The van der Waals surface area contributed by atoms with E-state index in [1.54, 1.807) is 6.92 Å². The number of benzene rings is 2. The van der Waals surface area contributed by atoms with E-state index < -0.39 is 17.6 Å². The van der Waals surface area contributed by atoms with Crippen LogP contribution in [0.1, 0.15) is 15.2 Å². The maximum Gasteiger partial charge on any atom is 0.346 e. The Labute approximate surface area is 134 Å². The van der Waals surface area contributed by atoms with Crippen LogP contribution in [-0.2, 0) is 0 Å². The van der Waals surface area contributed by atoms with Crippen molar-refractivity contribution in [1.82, 2.24) is 0 Å². The van der Waals surface area contributed by atoms with E-state index in [2.05, 4.69) is 0 Å². The molecule has 0 saturated heterocycles. The average molecular weight is 334 g/mol. The van der Waals surface area contributed by atoms with Crippen molar-refractivity contribution < 1.29 is 23.4 Å². The second kappa shape index (κ2) is 5.62. The van der Waals surface area contributed by atoms with E-state index in [9.17, 15) is 18.7 Å². The van der Waals surface area contributed by atoms with Crippen LogP contribution in [0.2, 0.25) is 0 Å². The Kier molecular flexibility index (Phi) is 3.77. The summed E-state index contributed by atoms with van der Waals surface area (Å²) in [6.07, 6.45) is 0. The predicted octanol–water partition coefficient (Wildman–Crippen LogP) is 4.86. The first-order valence-electron chi connectivity index (χ1n) is 6.73. The third-order valence-electron chi connectivity index (χ3n) is 3.68. The summed E-state index contributed by atoms with van der Waals surface area (Å²) in [5.41, 5.74) is 1.51. The van der Waals surface area contributed by atoms with Gasteiger partial charge >= 0.3 is 5.97 Å². The predicted molar refractivity (Wildman–Crippen MR) is 85.4 cm³/mol. The molecule has 23 heavy (non-hydrogen) atoms. The van der Waals surface area contributed by atoms with Gasteiger partial charge in [0.15, 0.2) is 11.6 Å². The van der Waals surface area contributed by atoms with Gasteiger partial charge in [0.1, 0.15) is 10.7 Å². The number of carboxylic acids is 1. The molecule has 1 aromatic heterocycles. The van der Waals surface area contributed by atoms with E-state index in [0.717, 1.165) is 11.3 Å². The van der Waals surface area contributed by atoms with E-state index in [4.69, 9.17) is 4.74 Å². The molecule has 1 heterocycles. The highest BCUT2D eigenvalue weighted by Crippen LogP contribution is 2.42. The van der Waals surface area contributed by atoms with Crippen LogP contribution in [0.5, 0.6) is 5.75 Å². The minimum absolute atomic E-state index is 0.0697. The molecule has 6 heteroatoms. The van der Waals surface area contributed by atoms with Crippen LogP contribution in [0.3, 0.4) is 0 Å². The molecule has 0 bridgehead atoms. The Hall–Kier alpha value is -2.47. The Balaban J connectivity index is 2.40. The number of halogens is 2. The summed E-state index contributed by atoms with van der Waals surface area (Å²) in [6, 6.07) is 6.87. The van der Waals surface area contributed by atoms with Gasteiger partial charge in [0.25, 0.3) is 0 Å². The molecule has 3 nitrogen and oxygen atoms in total. The molecule has 0 radical (unpaired) electrons. The lowest BCUT2D eigenvalue weighted by molar-refractivity contribution is 0.0703. The lowest BCUT2D eigenvalue weighted by atomic mass is 9.96. The lowest BCUT2D eigenvalue weighted by Crippen LogP contribution is -1.98. The van der Waals surface area contributed by atoms with Gasteiger partial charge in [-0.1, -0.05) is 6.07 Å². The number of rotatable bonds is 3. The van der Waals surface area contributed by atoms with Crippen LogP contribution in [0, 0.1) is 18.6 Å². The number of ether oxygens (including phenoxy) is 1. The summed E-state index contributed by atoms with van der Waals surface area (Å²) >= 11 is 0.993. The van der Waals surface area contributed by atoms with Crippen molar-refractivity contribution in [3.05, 3.63) is 52.4 Å². The van der Waals surface area contributed by atoms with Crippen LogP contribution in [0.15, 0.2) is 30.3 Å². The summed E-state index contributed by atoms with van der Waals surface area (Å²) in [7, 11) is 1.36. The van der Waals surface area contributed by atoms with Gasteiger partial charge in [-0.05, 0) is 36.8 Å². The molecule has 0 amide bonds. The van der Waals surface area contributed by atoms with Crippen LogP contribution >= 0.6 is 11.3 Å². The van der Waals surface area contributed by atoms with Crippen molar-refractivity contribution in [2.45, 2.75) is 6.92 Å². The minimum Gasteiger partial charge on any atom is -0.493 e. The fourth-order valence-corrected chi connectivity index (χ4v) is 3.75. The molecule has 0 atom stereocenters. The summed E-state index contributed by atoms with van der Waals surface area (Å²) in [6.45, 7) is 1.66. The Morgan fingerprint density at radius 3 is 2.61 bits per heavy atom. The van der Waals surface area contributed by atoms with Gasteiger partial charge in [0.2, 0.25) is 0 Å². The van der Waals surface area contributed by atoms with Gasteiger partial charge in [-0.3, -0.25) is 0 Å². The highest BCUT2D eigenvalue weighted by molar-refractivity contribution is 7.21. The first kappa shape index (κ1) is 15.4. The van der Waals surface area contributed by atoms with E-state index in [1.807, 2.05) is 0 Å². The third-order valence-corrected chi connectivity index (χ3v) is 4.82. The zero-order valence-corrected chi connectivity index (χ0v) is 13.1. The SMILES string of the molecule is COc1c(F)ccc(-c2c(C(=O)O)sc3cc(F)ccc23)c1C. The molecular weight excluding hydrogens is 322 g/mol. The van der Waals surface area contributed by atoms with Crippen LogP contribution in [0.4, 0.5) is 8.78 Å².